The van der Waals surface area contributed by atoms with Crippen LogP contribution in [0.3, 0.4) is 0 Å². The fourth-order valence-corrected chi connectivity index (χ4v) is 7.92. The van der Waals surface area contributed by atoms with Crippen molar-refractivity contribution < 1.29 is 48.0 Å². The number of imidazole rings is 1. The number of hydrogen-bond donors (Lipinski definition) is 3. The van der Waals surface area contributed by atoms with Crippen LogP contribution in [0, 0.1) is 0 Å². The average molecular weight is 724 g/mol. The van der Waals surface area contributed by atoms with E-state index >= 15 is 0 Å². The van der Waals surface area contributed by atoms with E-state index in [9.17, 15) is 24.3 Å². The maximum Gasteiger partial charge on any atom is 0.419 e. The van der Waals surface area contributed by atoms with Gasteiger partial charge in [-0.25, -0.2) is 23.9 Å². The van der Waals surface area contributed by atoms with E-state index in [2.05, 4.69) is 20.5 Å². The molecule has 0 radical (unpaired) electrons. The molecular weight excluding hydrogens is 674 g/mol. The molecule has 15 nitrogen and oxygen atoms in total. The number of alkyl carbamates (subject to hydrolysis) is 1. The first-order valence-electron chi connectivity index (χ1n) is 17.6. The van der Waals surface area contributed by atoms with Gasteiger partial charge in [0.15, 0.2) is 17.6 Å². The Labute approximate surface area is 303 Å². The maximum absolute atomic E-state index is 14.1. The smallest absolute Gasteiger partial charge is 0.419 e. The van der Waals surface area contributed by atoms with Gasteiger partial charge in [0.2, 0.25) is 5.91 Å². The summed E-state index contributed by atoms with van der Waals surface area (Å²) in [5.41, 5.74) is -1.30. The van der Waals surface area contributed by atoms with Gasteiger partial charge >= 0.3 is 18.2 Å². The van der Waals surface area contributed by atoms with Crippen LogP contribution in [0.4, 0.5) is 9.59 Å². The highest BCUT2D eigenvalue weighted by Gasteiger charge is 2.72. The fourth-order valence-electron chi connectivity index (χ4n) is 7.92. The summed E-state index contributed by atoms with van der Waals surface area (Å²) in [7, 11) is 3.57. The second-order valence-corrected chi connectivity index (χ2v) is 16.0. The first-order chi connectivity index (χ1) is 24.3. The molecule has 1 spiro atoms. The Kier molecular flexibility index (Phi) is 9.58. The minimum absolute atomic E-state index is 0.0456. The number of likely N-dealkylation sites (tertiary alicyclic amines) is 1. The molecule has 5 atom stereocenters. The summed E-state index contributed by atoms with van der Waals surface area (Å²) >= 11 is 0. The summed E-state index contributed by atoms with van der Waals surface area (Å²) in [6.07, 6.45) is 3.35. The topological polar surface area (TPSA) is 180 Å². The monoisotopic (exact) mass is 723 g/mol. The number of piperidine rings is 1. The van der Waals surface area contributed by atoms with Crippen LogP contribution < -0.4 is 20.1 Å². The molecule has 2 amide bonds. The van der Waals surface area contributed by atoms with Gasteiger partial charge in [-0.05, 0) is 85.7 Å². The molecule has 282 valence electrons. The van der Waals surface area contributed by atoms with Crippen molar-refractivity contribution in [1.29, 1.82) is 0 Å². The number of likely N-dealkylation sites (N-methyl/N-ethyl adjacent to an activating group) is 1. The van der Waals surface area contributed by atoms with Crippen LogP contribution in [0.5, 0.6) is 11.5 Å². The fraction of sp³-hybridized carbons (Fsp3) is 0.595. The molecule has 6 rings (SSSR count). The number of nitrogens with one attached hydrogen (secondary N) is 2. The number of rotatable bonds is 9. The van der Waals surface area contributed by atoms with Gasteiger partial charge < -0.3 is 44.3 Å². The highest BCUT2D eigenvalue weighted by atomic mass is 16.6. The summed E-state index contributed by atoms with van der Waals surface area (Å²) in [5, 5.41) is 17.8. The zero-order valence-electron chi connectivity index (χ0n) is 31.0. The molecule has 2 bridgehead atoms. The SMILES string of the molecule is COc1ccc2c3c1O[C@H]1C(OC(=O)C(Cc4cn(C(=O)OC(C)(C)C)cn4)NC(=O)CCNC(=O)OC(C)(C)C)=CC[C@@]4(O)[C@@H](C2)N(C)CC[C@]314. The second kappa shape index (κ2) is 13.4. The molecule has 3 N–H and O–H groups in total. The number of amides is 2. The number of aromatic nitrogens is 2. The van der Waals surface area contributed by atoms with Gasteiger partial charge in [0.05, 0.1) is 23.8 Å². The third kappa shape index (κ3) is 6.83. The van der Waals surface area contributed by atoms with E-state index in [0.29, 0.717) is 36.6 Å². The lowest BCUT2D eigenvalue weighted by Crippen LogP contribution is -2.74. The van der Waals surface area contributed by atoms with Gasteiger partial charge in [0, 0.05) is 43.6 Å². The summed E-state index contributed by atoms with van der Waals surface area (Å²) in [5.74, 6) is -0.0435. The lowest BCUT2D eigenvalue weighted by Gasteiger charge is -2.61. The van der Waals surface area contributed by atoms with Crippen molar-refractivity contribution >= 4 is 24.1 Å². The second-order valence-electron chi connectivity index (χ2n) is 16.0. The largest absolute Gasteiger partial charge is 0.493 e. The predicted octanol–water partition coefficient (Wildman–Crippen LogP) is 3.14. The predicted molar refractivity (Wildman–Crippen MR) is 186 cm³/mol. The van der Waals surface area contributed by atoms with Crippen LogP contribution in [0.15, 0.2) is 36.5 Å². The van der Waals surface area contributed by atoms with Crippen molar-refractivity contribution in [3.8, 4) is 11.5 Å². The first-order valence-corrected chi connectivity index (χ1v) is 17.6. The van der Waals surface area contributed by atoms with Crippen molar-refractivity contribution in [2.24, 2.45) is 0 Å². The van der Waals surface area contributed by atoms with Gasteiger partial charge in [-0.3, -0.25) is 4.79 Å². The van der Waals surface area contributed by atoms with Crippen LogP contribution in [0.25, 0.3) is 0 Å². The van der Waals surface area contributed by atoms with E-state index in [4.69, 9.17) is 23.7 Å². The zero-order valence-corrected chi connectivity index (χ0v) is 31.0. The standard InChI is InChI=1S/C37H49N5O10/c1-34(2,3)51-32(45)38-15-12-27(43)40-23(18-22-19-42(20-39-22)33(46)52-35(4,5)6)31(44)49-25-11-13-37(47)26-17-21-9-10-24(48-8)29-28(21)36(37,30(25)50-29)14-16-41(26)7/h9-11,19-20,23,26,30,47H,12-18H2,1-8H3,(H,38,45)(H,40,43)/t23?,26-,30+,36+,37-/m1/s1. The van der Waals surface area contributed by atoms with E-state index in [1.807, 2.05) is 19.2 Å². The van der Waals surface area contributed by atoms with Crippen LogP contribution in [0.1, 0.15) is 77.6 Å². The zero-order chi connectivity index (χ0) is 37.8. The van der Waals surface area contributed by atoms with E-state index in [1.54, 1.807) is 54.7 Å². The van der Waals surface area contributed by atoms with E-state index in [0.717, 1.165) is 15.7 Å². The van der Waals surface area contributed by atoms with Gasteiger partial charge in [-0.15, -0.1) is 0 Å². The number of methoxy groups -OCH3 is 1. The Morgan fingerprint density at radius 2 is 1.85 bits per heavy atom. The van der Waals surface area contributed by atoms with Crippen LogP contribution in [0.2, 0.25) is 0 Å². The number of ether oxygens (including phenoxy) is 5. The Bertz CT molecular complexity index is 1790. The molecule has 1 fully saturated rings. The number of nitrogens with zero attached hydrogens (tertiary/aromatic N) is 3. The van der Waals surface area contributed by atoms with Crippen molar-refractivity contribution in [2.45, 2.75) is 114 Å². The Morgan fingerprint density at radius 3 is 2.54 bits per heavy atom. The minimum Gasteiger partial charge on any atom is -0.493 e. The molecule has 52 heavy (non-hydrogen) atoms. The minimum atomic E-state index is -1.25. The van der Waals surface area contributed by atoms with Crippen LogP contribution in [-0.4, -0.2) is 106 Å². The van der Waals surface area contributed by atoms with Gasteiger partial charge in [-0.1, -0.05) is 6.07 Å². The molecule has 1 aromatic heterocycles. The average Bonchev–Trinajstić information content (AvgIpc) is 3.65. The third-order valence-electron chi connectivity index (χ3n) is 10.1. The molecule has 2 aliphatic heterocycles. The van der Waals surface area contributed by atoms with E-state index < -0.39 is 58.4 Å². The van der Waals surface area contributed by atoms with E-state index in [1.165, 1.54) is 12.5 Å². The number of benzene rings is 1. The molecular formula is C37H49N5O10. The summed E-state index contributed by atoms with van der Waals surface area (Å²) in [4.78, 5) is 58.6. The van der Waals surface area contributed by atoms with Crippen molar-refractivity contribution in [3.05, 3.63) is 53.3 Å². The normalized spacial score (nSPS) is 25.1. The third-order valence-corrected chi connectivity index (χ3v) is 10.1. The highest BCUT2D eigenvalue weighted by Crippen LogP contribution is 2.65. The number of hydrogen-bond acceptors (Lipinski definition) is 12. The molecule has 4 aliphatic rings. The Balaban J connectivity index is 1.25. The van der Waals surface area contributed by atoms with Gasteiger partial charge in [0.1, 0.15) is 29.3 Å². The van der Waals surface area contributed by atoms with Gasteiger partial charge in [0.25, 0.3) is 0 Å². The number of esters is 1. The summed E-state index contributed by atoms with van der Waals surface area (Å²) in [6.45, 7) is 11.1. The molecule has 1 aromatic carbocycles. The summed E-state index contributed by atoms with van der Waals surface area (Å²) < 4.78 is 30.3. The lowest BCUT2D eigenvalue weighted by atomic mass is 9.50. The summed E-state index contributed by atoms with van der Waals surface area (Å²) in [6, 6.07) is 2.44. The Morgan fingerprint density at radius 1 is 1.12 bits per heavy atom. The van der Waals surface area contributed by atoms with Crippen molar-refractivity contribution in [1.82, 2.24) is 25.1 Å². The lowest BCUT2D eigenvalue weighted by molar-refractivity contribution is -0.170. The van der Waals surface area contributed by atoms with Crippen LogP contribution >= 0.6 is 0 Å². The molecule has 2 aromatic rings. The number of carbonyl (C=O) groups excluding carboxylic acids is 4. The molecule has 1 saturated heterocycles. The van der Waals surface area contributed by atoms with Crippen molar-refractivity contribution in [2.75, 3.05) is 27.2 Å². The van der Waals surface area contributed by atoms with Gasteiger partial charge in [-0.2, -0.15) is 0 Å². The number of aliphatic hydroxyl groups is 1. The first kappa shape index (κ1) is 37.1. The number of carbonyl (C=O) groups is 4. The Hall–Kier alpha value is -4.63. The van der Waals surface area contributed by atoms with Crippen molar-refractivity contribution in [3.63, 3.8) is 0 Å². The van der Waals surface area contributed by atoms with E-state index in [-0.39, 0.29) is 37.6 Å². The molecule has 15 heteroatoms. The molecule has 1 unspecified atom stereocenters. The quantitative estimate of drug-likeness (QED) is 0.255. The maximum atomic E-state index is 14.1. The molecule has 2 aliphatic carbocycles. The highest BCUT2D eigenvalue weighted by molar-refractivity contribution is 5.85. The van der Waals surface area contributed by atoms with Crippen LogP contribution in [-0.2, 0) is 42.1 Å². The molecule has 3 heterocycles. The molecule has 0 saturated carbocycles.